The molecule has 98 valence electrons. The lowest BCUT2D eigenvalue weighted by Crippen LogP contribution is -2.35. The Labute approximate surface area is 104 Å². The molecule has 1 saturated carbocycles. The van der Waals surface area contributed by atoms with Crippen LogP contribution >= 0.6 is 0 Å². The summed E-state index contributed by atoms with van der Waals surface area (Å²) in [6.07, 6.45) is 5.33. The number of likely N-dealkylation sites (tertiary alicyclic amines) is 1. The van der Waals surface area contributed by atoms with Crippen molar-refractivity contribution < 1.29 is 4.79 Å². The fourth-order valence-electron chi connectivity index (χ4n) is 2.51. The summed E-state index contributed by atoms with van der Waals surface area (Å²) in [5, 5.41) is 3.02. The van der Waals surface area contributed by atoms with Gasteiger partial charge in [-0.15, -0.1) is 0 Å². The monoisotopic (exact) mass is 239 g/mol. The highest BCUT2D eigenvalue weighted by Gasteiger charge is 2.34. The zero-order valence-electron chi connectivity index (χ0n) is 10.8. The third-order valence-corrected chi connectivity index (χ3v) is 3.94. The van der Waals surface area contributed by atoms with E-state index in [1.807, 2.05) is 6.92 Å². The Morgan fingerprint density at radius 1 is 1.47 bits per heavy atom. The van der Waals surface area contributed by atoms with Crippen LogP contribution in [0.15, 0.2) is 0 Å². The lowest BCUT2D eigenvalue weighted by atomic mass is 10.1. The summed E-state index contributed by atoms with van der Waals surface area (Å²) in [5.41, 5.74) is 5.76. The predicted molar refractivity (Wildman–Crippen MR) is 68.6 cm³/mol. The van der Waals surface area contributed by atoms with Crippen molar-refractivity contribution in [2.75, 3.05) is 19.6 Å². The van der Waals surface area contributed by atoms with Crippen molar-refractivity contribution in [1.29, 1.82) is 0 Å². The maximum absolute atomic E-state index is 11.6. The van der Waals surface area contributed by atoms with Gasteiger partial charge in [-0.2, -0.15) is 0 Å². The van der Waals surface area contributed by atoms with E-state index in [4.69, 9.17) is 5.73 Å². The van der Waals surface area contributed by atoms with E-state index < -0.39 is 0 Å². The molecule has 0 bridgehead atoms. The number of nitrogens with two attached hydrogens (primary N) is 1. The van der Waals surface area contributed by atoms with Gasteiger partial charge in [0.25, 0.3) is 0 Å². The summed E-state index contributed by atoms with van der Waals surface area (Å²) in [6, 6.07) is 0.880. The van der Waals surface area contributed by atoms with Gasteiger partial charge in [-0.3, -0.25) is 4.79 Å². The Morgan fingerprint density at radius 2 is 2.24 bits per heavy atom. The molecule has 2 atom stereocenters. The molecule has 2 aliphatic rings. The molecule has 0 aromatic carbocycles. The van der Waals surface area contributed by atoms with Gasteiger partial charge < -0.3 is 16.0 Å². The molecule has 17 heavy (non-hydrogen) atoms. The van der Waals surface area contributed by atoms with Gasteiger partial charge in [-0.05, 0) is 38.1 Å². The Hall–Kier alpha value is -0.610. The second-order valence-electron chi connectivity index (χ2n) is 5.56. The van der Waals surface area contributed by atoms with Gasteiger partial charge in [0.15, 0.2) is 0 Å². The van der Waals surface area contributed by atoms with E-state index in [2.05, 4.69) is 10.2 Å². The van der Waals surface area contributed by atoms with Crippen LogP contribution in [0.3, 0.4) is 0 Å². The fraction of sp³-hybridized carbons (Fsp3) is 0.923. The third-order valence-electron chi connectivity index (χ3n) is 3.94. The molecule has 1 aliphatic heterocycles. The van der Waals surface area contributed by atoms with Crippen LogP contribution in [0.4, 0.5) is 0 Å². The van der Waals surface area contributed by atoms with Crippen molar-refractivity contribution in [2.45, 2.75) is 51.1 Å². The van der Waals surface area contributed by atoms with Crippen molar-refractivity contribution in [2.24, 2.45) is 11.7 Å². The molecule has 2 fully saturated rings. The molecule has 3 N–H and O–H groups in total. The number of rotatable bonds is 6. The van der Waals surface area contributed by atoms with Crippen LogP contribution in [0.1, 0.15) is 39.0 Å². The molecule has 0 aromatic rings. The quantitative estimate of drug-likeness (QED) is 0.718. The highest BCUT2D eigenvalue weighted by molar-refractivity contribution is 5.76. The first kappa shape index (κ1) is 12.8. The van der Waals surface area contributed by atoms with E-state index in [1.165, 1.54) is 32.4 Å². The first-order valence-corrected chi connectivity index (χ1v) is 6.95. The maximum Gasteiger partial charge on any atom is 0.221 e. The Bertz CT molecular complexity index is 265. The van der Waals surface area contributed by atoms with Crippen LogP contribution in [-0.2, 0) is 4.79 Å². The molecular weight excluding hydrogens is 214 g/mol. The average molecular weight is 239 g/mol. The van der Waals surface area contributed by atoms with Gasteiger partial charge in [-0.1, -0.05) is 6.92 Å². The molecule has 0 radical (unpaired) electrons. The highest BCUT2D eigenvalue weighted by atomic mass is 16.1. The van der Waals surface area contributed by atoms with Gasteiger partial charge in [0.2, 0.25) is 5.91 Å². The second-order valence-corrected chi connectivity index (χ2v) is 5.56. The van der Waals surface area contributed by atoms with Crippen molar-refractivity contribution in [3.8, 4) is 0 Å². The topological polar surface area (TPSA) is 58.4 Å². The predicted octanol–water partition coefficient (Wildman–Crippen LogP) is 0.714. The lowest BCUT2D eigenvalue weighted by Gasteiger charge is -2.15. The smallest absolute Gasteiger partial charge is 0.221 e. The van der Waals surface area contributed by atoms with Gasteiger partial charge in [-0.25, -0.2) is 0 Å². The largest absolute Gasteiger partial charge is 0.356 e. The van der Waals surface area contributed by atoms with Crippen LogP contribution in [0.2, 0.25) is 0 Å². The van der Waals surface area contributed by atoms with Crippen LogP contribution in [0.5, 0.6) is 0 Å². The van der Waals surface area contributed by atoms with E-state index in [0.29, 0.717) is 12.3 Å². The van der Waals surface area contributed by atoms with Crippen LogP contribution in [0, 0.1) is 5.92 Å². The molecule has 1 saturated heterocycles. The molecule has 2 rings (SSSR count). The van der Waals surface area contributed by atoms with Gasteiger partial charge in [0.1, 0.15) is 0 Å². The number of nitrogens with one attached hydrogen (secondary N) is 1. The molecule has 0 aromatic heterocycles. The van der Waals surface area contributed by atoms with E-state index in [0.717, 1.165) is 19.0 Å². The lowest BCUT2D eigenvalue weighted by molar-refractivity contribution is -0.121. The van der Waals surface area contributed by atoms with Crippen molar-refractivity contribution >= 4 is 5.91 Å². The molecule has 1 amide bonds. The van der Waals surface area contributed by atoms with Gasteiger partial charge in [0, 0.05) is 31.6 Å². The summed E-state index contributed by atoms with van der Waals surface area (Å²) < 4.78 is 0. The molecule has 1 aliphatic carbocycles. The van der Waals surface area contributed by atoms with Crippen molar-refractivity contribution in [1.82, 2.24) is 10.2 Å². The summed E-state index contributed by atoms with van der Waals surface area (Å²) in [6.45, 7) is 5.24. The Balaban J connectivity index is 1.60. The third kappa shape index (κ3) is 3.96. The summed E-state index contributed by atoms with van der Waals surface area (Å²) in [4.78, 5) is 14.2. The number of hydrogen-bond donors (Lipinski definition) is 2. The maximum atomic E-state index is 11.6. The number of hydrogen-bond acceptors (Lipinski definition) is 3. The number of amides is 1. The molecule has 1 heterocycles. The summed E-state index contributed by atoms with van der Waals surface area (Å²) in [7, 11) is 0. The Kier molecular flexibility index (Phi) is 4.40. The molecule has 0 spiro atoms. The van der Waals surface area contributed by atoms with Crippen LogP contribution in [-0.4, -0.2) is 42.5 Å². The number of nitrogens with zero attached hydrogens (tertiary/aromatic N) is 1. The number of carbonyl (C=O) groups is 1. The normalized spacial score (nSPS) is 27.1. The molecule has 4 nitrogen and oxygen atoms in total. The fourth-order valence-corrected chi connectivity index (χ4v) is 2.51. The minimum atomic E-state index is 0.0153. The zero-order valence-corrected chi connectivity index (χ0v) is 10.8. The second kappa shape index (κ2) is 5.83. The Morgan fingerprint density at radius 3 is 2.88 bits per heavy atom. The van der Waals surface area contributed by atoms with Crippen molar-refractivity contribution in [3.63, 3.8) is 0 Å². The minimum absolute atomic E-state index is 0.0153. The molecular formula is C13H25N3O. The SMILES string of the molecule is CCC(N)CC(=O)NCC1CCN(C2CC2)C1. The zero-order chi connectivity index (χ0) is 12.3. The summed E-state index contributed by atoms with van der Waals surface area (Å²) in [5.74, 6) is 0.765. The van der Waals surface area contributed by atoms with E-state index in [1.54, 1.807) is 0 Å². The number of carbonyl (C=O) groups excluding carboxylic acids is 1. The highest BCUT2D eigenvalue weighted by Crippen LogP contribution is 2.31. The van der Waals surface area contributed by atoms with E-state index in [-0.39, 0.29) is 11.9 Å². The van der Waals surface area contributed by atoms with E-state index in [9.17, 15) is 4.79 Å². The first-order valence-electron chi connectivity index (χ1n) is 6.95. The minimum Gasteiger partial charge on any atom is -0.356 e. The van der Waals surface area contributed by atoms with Gasteiger partial charge >= 0.3 is 0 Å². The first-order chi connectivity index (χ1) is 8.19. The van der Waals surface area contributed by atoms with Crippen LogP contribution < -0.4 is 11.1 Å². The summed E-state index contributed by atoms with van der Waals surface area (Å²) >= 11 is 0. The molecule has 2 unspecified atom stereocenters. The van der Waals surface area contributed by atoms with Gasteiger partial charge in [0.05, 0.1) is 0 Å². The standard InChI is InChI=1S/C13H25N3O/c1-2-11(14)7-13(17)15-8-10-5-6-16(9-10)12-3-4-12/h10-12H,2-9,14H2,1H3,(H,15,17). The average Bonchev–Trinajstić information content (AvgIpc) is 3.06. The van der Waals surface area contributed by atoms with Crippen LogP contribution in [0.25, 0.3) is 0 Å². The molecule has 4 heteroatoms. The van der Waals surface area contributed by atoms with E-state index >= 15 is 0 Å². The van der Waals surface area contributed by atoms with Crippen molar-refractivity contribution in [3.05, 3.63) is 0 Å².